The van der Waals surface area contributed by atoms with Gasteiger partial charge < -0.3 is 0 Å². The smallest absolute Gasteiger partial charge is 0.144 e. The van der Waals surface area contributed by atoms with Crippen LogP contribution in [0, 0.1) is 46.4 Å². The monoisotopic (exact) mass is 387 g/mol. The Balaban J connectivity index is 1.79. The van der Waals surface area contributed by atoms with Gasteiger partial charge >= 0.3 is 0 Å². The molecule has 0 radical (unpaired) electrons. The summed E-state index contributed by atoms with van der Waals surface area (Å²) in [5, 5.41) is 8.80. The Morgan fingerprint density at radius 3 is 2.36 bits per heavy atom. The van der Waals surface area contributed by atoms with Crippen molar-refractivity contribution in [3.63, 3.8) is 0 Å². The Hall–Kier alpha value is -2.35. The number of benzene rings is 2. The predicted molar refractivity (Wildman–Crippen MR) is 98.6 cm³/mol. The van der Waals surface area contributed by atoms with Crippen LogP contribution in [0.25, 0.3) is 11.1 Å². The Labute approximate surface area is 162 Å². The number of nitriles is 1. The lowest BCUT2D eigenvalue weighted by Crippen LogP contribution is -2.28. The molecule has 2 aromatic carbocycles. The molecule has 0 unspecified atom stereocenters. The van der Waals surface area contributed by atoms with E-state index < -0.39 is 34.4 Å². The van der Waals surface area contributed by atoms with Crippen molar-refractivity contribution in [3.8, 4) is 17.2 Å². The first kappa shape index (κ1) is 19.0. The molecule has 0 heterocycles. The second-order valence-electron chi connectivity index (χ2n) is 8.03. The van der Waals surface area contributed by atoms with Crippen LogP contribution >= 0.6 is 0 Å². The number of fused-ring (bicyclic) bond motifs is 3. The van der Waals surface area contributed by atoms with Crippen molar-refractivity contribution in [3.05, 3.63) is 58.2 Å². The Morgan fingerprint density at radius 2 is 1.71 bits per heavy atom. The van der Waals surface area contributed by atoms with Gasteiger partial charge in [0.2, 0.25) is 0 Å². The highest BCUT2D eigenvalue weighted by Gasteiger charge is 2.37. The van der Waals surface area contributed by atoms with Crippen molar-refractivity contribution < 1.29 is 17.6 Å². The van der Waals surface area contributed by atoms with E-state index >= 15 is 4.39 Å². The Morgan fingerprint density at radius 1 is 1.00 bits per heavy atom. The van der Waals surface area contributed by atoms with Gasteiger partial charge in [-0.15, -0.1) is 0 Å². The number of halogens is 4. The van der Waals surface area contributed by atoms with E-state index in [-0.39, 0.29) is 11.5 Å². The topological polar surface area (TPSA) is 23.8 Å². The van der Waals surface area contributed by atoms with E-state index in [1.807, 2.05) is 0 Å². The number of hydrogen-bond donors (Lipinski definition) is 0. The summed E-state index contributed by atoms with van der Waals surface area (Å²) in [7, 11) is 0. The van der Waals surface area contributed by atoms with Gasteiger partial charge in [-0.2, -0.15) is 5.26 Å². The Kier molecular flexibility index (Phi) is 4.91. The third kappa shape index (κ3) is 2.99. The van der Waals surface area contributed by atoms with Gasteiger partial charge in [-0.1, -0.05) is 13.3 Å². The molecule has 0 aromatic heterocycles. The van der Waals surface area contributed by atoms with Crippen molar-refractivity contribution >= 4 is 0 Å². The lowest BCUT2D eigenvalue weighted by atomic mass is 9.64. The molecule has 0 aliphatic heterocycles. The average Bonchev–Trinajstić information content (AvgIpc) is 2.67. The molecule has 2 aliphatic rings. The zero-order chi connectivity index (χ0) is 20.0. The minimum atomic E-state index is -1.12. The molecule has 0 spiro atoms. The van der Waals surface area contributed by atoms with E-state index in [2.05, 4.69) is 6.92 Å². The Bertz CT molecular complexity index is 953. The van der Waals surface area contributed by atoms with Gasteiger partial charge in [0, 0.05) is 0 Å². The summed E-state index contributed by atoms with van der Waals surface area (Å²) >= 11 is 0. The molecule has 0 N–H and O–H groups in total. The standard InChI is InChI=1S/C23H21F4N/c1-2-12-3-5-15-13(7-12)4-6-16-17(15)10-21(26)22(23(16)27)14-8-19(24)18(11-28)20(25)9-14/h8-10,12-13,15H,2-7H2,1H3/t12-,13+,15+/m1/s1. The fourth-order valence-corrected chi connectivity index (χ4v) is 5.14. The van der Waals surface area contributed by atoms with Crippen LogP contribution in [0.5, 0.6) is 0 Å². The molecule has 1 fully saturated rings. The van der Waals surface area contributed by atoms with E-state index in [1.165, 1.54) is 12.1 Å². The van der Waals surface area contributed by atoms with Crippen LogP contribution in [0.2, 0.25) is 0 Å². The minimum absolute atomic E-state index is 0.152. The van der Waals surface area contributed by atoms with Crippen molar-refractivity contribution in [1.82, 2.24) is 0 Å². The summed E-state index contributed by atoms with van der Waals surface area (Å²) < 4.78 is 58.2. The maximum atomic E-state index is 15.3. The van der Waals surface area contributed by atoms with Crippen LogP contribution in [-0.2, 0) is 6.42 Å². The molecule has 1 saturated carbocycles. The first-order chi connectivity index (χ1) is 13.4. The van der Waals surface area contributed by atoms with E-state index in [1.54, 1.807) is 0 Å². The second kappa shape index (κ2) is 7.24. The SMILES string of the molecule is CC[C@@H]1CC[C@@H]2c3cc(F)c(-c4cc(F)c(C#N)c(F)c4)c(F)c3CC[C@H]2C1. The van der Waals surface area contributed by atoms with Gasteiger partial charge in [-0.25, -0.2) is 17.6 Å². The molecule has 2 aromatic rings. The molecule has 146 valence electrons. The van der Waals surface area contributed by atoms with Gasteiger partial charge in [0.1, 0.15) is 34.9 Å². The maximum Gasteiger partial charge on any atom is 0.144 e. The van der Waals surface area contributed by atoms with Crippen LogP contribution in [0.15, 0.2) is 18.2 Å². The normalized spacial score (nSPS) is 23.6. The number of hydrogen-bond acceptors (Lipinski definition) is 1. The molecule has 28 heavy (non-hydrogen) atoms. The lowest BCUT2D eigenvalue weighted by molar-refractivity contribution is 0.204. The summed E-state index contributed by atoms with van der Waals surface area (Å²) in [4.78, 5) is 0. The van der Waals surface area contributed by atoms with Gasteiger partial charge in [-0.3, -0.25) is 0 Å². The van der Waals surface area contributed by atoms with Crippen LogP contribution < -0.4 is 0 Å². The highest BCUT2D eigenvalue weighted by atomic mass is 19.1. The van der Waals surface area contributed by atoms with Gasteiger partial charge in [0.25, 0.3) is 0 Å². The molecule has 0 amide bonds. The number of rotatable bonds is 2. The zero-order valence-corrected chi connectivity index (χ0v) is 15.7. The van der Waals surface area contributed by atoms with E-state index in [9.17, 15) is 13.2 Å². The zero-order valence-electron chi connectivity index (χ0n) is 15.7. The van der Waals surface area contributed by atoms with Crippen molar-refractivity contribution in [2.75, 3.05) is 0 Å². The van der Waals surface area contributed by atoms with Gasteiger partial charge in [0.05, 0.1) is 5.56 Å². The summed E-state index contributed by atoms with van der Waals surface area (Å²) in [6.45, 7) is 2.18. The summed E-state index contributed by atoms with van der Waals surface area (Å²) in [5.74, 6) is -2.49. The lowest BCUT2D eigenvalue weighted by Gasteiger charge is -2.40. The minimum Gasteiger partial charge on any atom is -0.206 e. The van der Waals surface area contributed by atoms with Crippen LogP contribution in [0.1, 0.15) is 61.6 Å². The van der Waals surface area contributed by atoms with Crippen LogP contribution in [0.4, 0.5) is 17.6 Å². The van der Waals surface area contributed by atoms with E-state index in [4.69, 9.17) is 5.26 Å². The largest absolute Gasteiger partial charge is 0.206 e. The quantitative estimate of drug-likeness (QED) is 0.530. The molecule has 1 nitrogen and oxygen atoms in total. The molecular weight excluding hydrogens is 366 g/mol. The summed E-state index contributed by atoms with van der Waals surface area (Å²) in [5.41, 5.74) is -0.194. The number of nitrogens with zero attached hydrogens (tertiary/aromatic N) is 1. The van der Waals surface area contributed by atoms with Crippen LogP contribution in [0.3, 0.4) is 0 Å². The highest BCUT2D eigenvalue weighted by Crippen LogP contribution is 2.49. The van der Waals surface area contributed by atoms with Gasteiger partial charge in [0.15, 0.2) is 0 Å². The molecule has 0 bridgehead atoms. The molecule has 5 heteroatoms. The average molecular weight is 387 g/mol. The fourth-order valence-electron chi connectivity index (χ4n) is 5.14. The predicted octanol–water partition coefficient (Wildman–Crippen LogP) is 6.64. The van der Waals surface area contributed by atoms with Crippen molar-refractivity contribution in [2.24, 2.45) is 11.8 Å². The second-order valence-corrected chi connectivity index (χ2v) is 8.03. The third-order valence-electron chi connectivity index (χ3n) is 6.63. The molecule has 2 aliphatic carbocycles. The summed E-state index contributed by atoms with van der Waals surface area (Å²) in [6.07, 6.45) is 5.58. The molecular formula is C23H21F4N. The van der Waals surface area contributed by atoms with Crippen LogP contribution in [-0.4, -0.2) is 0 Å². The molecule has 3 atom stereocenters. The summed E-state index contributed by atoms with van der Waals surface area (Å²) in [6, 6.07) is 4.44. The molecule has 4 rings (SSSR count). The van der Waals surface area contributed by atoms with Gasteiger partial charge in [-0.05, 0) is 84.7 Å². The maximum absolute atomic E-state index is 15.3. The first-order valence-electron chi connectivity index (χ1n) is 9.84. The van der Waals surface area contributed by atoms with E-state index in [0.717, 1.165) is 49.8 Å². The fraction of sp³-hybridized carbons (Fsp3) is 0.435. The molecule has 0 saturated heterocycles. The van der Waals surface area contributed by atoms with E-state index in [0.29, 0.717) is 23.8 Å². The third-order valence-corrected chi connectivity index (χ3v) is 6.63. The first-order valence-corrected chi connectivity index (χ1v) is 9.84. The van der Waals surface area contributed by atoms with Crippen molar-refractivity contribution in [1.29, 1.82) is 5.26 Å². The highest BCUT2D eigenvalue weighted by molar-refractivity contribution is 5.68. The van der Waals surface area contributed by atoms with Crippen molar-refractivity contribution in [2.45, 2.75) is 51.4 Å².